The molecule has 0 N–H and O–H groups in total. The van der Waals surface area contributed by atoms with Gasteiger partial charge in [-0.05, 0) is 72.5 Å². The van der Waals surface area contributed by atoms with Gasteiger partial charge in [0.1, 0.15) is 11.2 Å². The van der Waals surface area contributed by atoms with Gasteiger partial charge in [0.05, 0.1) is 26.4 Å². The van der Waals surface area contributed by atoms with Crippen LogP contribution < -0.4 is 4.67 Å². The van der Waals surface area contributed by atoms with Crippen molar-refractivity contribution in [2.45, 2.75) is 66.2 Å². The van der Waals surface area contributed by atoms with Crippen LogP contribution in [0.3, 0.4) is 0 Å². The lowest BCUT2D eigenvalue weighted by atomic mass is 9.95. The topological polar surface area (TPSA) is 48.0 Å². The fraction of sp³-hybridized carbons (Fsp3) is 0.238. The van der Waals surface area contributed by atoms with Crippen molar-refractivity contribution in [3.8, 4) is 0 Å². The average Bonchev–Trinajstić information content (AvgIpc) is 3.27. The van der Waals surface area contributed by atoms with Gasteiger partial charge < -0.3 is 17.9 Å². The van der Waals surface area contributed by atoms with Gasteiger partial charge in [-0.15, -0.1) is 0 Å². The zero-order valence-electron chi connectivity index (χ0n) is 28.1. The van der Waals surface area contributed by atoms with E-state index in [1.807, 2.05) is 36.4 Å². The van der Waals surface area contributed by atoms with Crippen LogP contribution in [-0.2, 0) is 35.9 Å². The third-order valence-electron chi connectivity index (χ3n) is 8.73. The molecule has 1 heterocycles. The largest absolute Gasteiger partial charge is 0.407 e. The first kappa shape index (κ1) is 32.2. The van der Waals surface area contributed by atoms with Crippen molar-refractivity contribution in [1.82, 2.24) is 0 Å². The Labute approximate surface area is 283 Å². The summed E-state index contributed by atoms with van der Waals surface area (Å²) in [6.45, 7) is 10.7. The fourth-order valence-corrected chi connectivity index (χ4v) is 8.35. The van der Waals surface area contributed by atoms with Gasteiger partial charge in [-0.2, -0.15) is 4.67 Å². The van der Waals surface area contributed by atoms with E-state index in [0.717, 1.165) is 65.7 Å². The molecule has 1 aromatic heterocycles. The quantitative estimate of drug-likeness (QED) is 0.139. The summed E-state index contributed by atoms with van der Waals surface area (Å²) in [4.78, 5) is 0. The first-order valence-electron chi connectivity index (χ1n) is 16.7. The van der Waals surface area contributed by atoms with Gasteiger partial charge in [-0.3, -0.25) is 0 Å². The molecule has 7 rings (SSSR count). The Morgan fingerprint density at radius 1 is 0.521 bits per heavy atom. The minimum atomic E-state index is -1.55. The summed E-state index contributed by atoms with van der Waals surface area (Å²) in [5, 5.41) is 6.59. The van der Waals surface area contributed by atoms with Crippen molar-refractivity contribution in [1.29, 1.82) is 0 Å². The molecule has 0 aliphatic rings. The third kappa shape index (κ3) is 6.65. The number of fused-ring (bicyclic) bond motifs is 7. The van der Waals surface area contributed by atoms with Gasteiger partial charge in [0.15, 0.2) is 0 Å². The van der Waals surface area contributed by atoms with E-state index in [1.54, 1.807) is 0 Å². The highest BCUT2D eigenvalue weighted by molar-refractivity contribution is 7.39. The van der Waals surface area contributed by atoms with Crippen LogP contribution in [0.4, 0.5) is 0 Å². The summed E-state index contributed by atoms with van der Waals surface area (Å²) < 4.78 is 29.5. The van der Waals surface area contributed by atoms with Crippen LogP contribution in [0.25, 0.3) is 43.5 Å². The van der Waals surface area contributed by atoms with Crippen LogP contribution in [0.5, 0.6) is 0 Å². The molecule has 0 atom stereocenters. The first-order chi connectivity index (χ1) is 23.5. The van der Waals surface area contributed by atoms with Gasteiger partial charge in [-0.1, -0.05) is 109 Å². The maximum absolute atomic E-state index is 7.19. The molecule has 0 saturated carbocycles. The normalized spacial score (nSPS) is 12.0. The molecule has 0 aliphatic heterocycles. The molecule has 0 amide bonds. The molecule has 6 aromatic carbocycles. The minimum Gasteiger partial charge on any atom is -0.407 e. The monoisotopic (exact) mass is 655 g/mol. The molecule has 6 heteroatoms. The minimum absolute atomic E-state index is 0.192. The number of benzene rings is 6. The number of hydrogen-bond acceptors (Lipinski definition) is 5. The number of hydrogen-bond donors (Lipinski definition) is 0. The number of nitrogens with zero attached hydrogens (tertiary/aromatic N) is 1. The summed E-state index contributed by atoms with van der Waals surface area (Å²) in [7, 11) is -1.55. The highest BCUT2D eigenvalue weighted by Gasteiger charge is 2.24. The second kappa shape index (κ2) is 14.4. The van der Waals surface area contributed by atoms with Crippen LogP contribution in [0.1, 0.15) is 49.9 Å². The zero-order chi connectivity index (χ0) is 33.0. The van der Waals surface area contributed by atoms with Crippen molar-refractivity contribution in [2.24, 2.45) is 0 Å². The van der Waals surface area contributed by atoms with E-state index in [4.69, 9.17) is 17.9 Å². The lowest BCUT2D eigenvalue weighted by Crippen LogP contribution is -2.34. The average molecular weight is 656 g/mol. The SMILES string of the molecule is CC(C)N(C(C)C)p1oc2c(COCc3ccccc3)cc3ccccc3c2c2c(o1)c(COCc1ccccc1)cc1ccccc12. The fourth-order valence-electron chi connectivity index (χ4n) is 6.64. The Hall–Kier alpha value is -4.38. The van der Waals surface area contributed by atoms with E-state index in [1.165, 1.54) is 0 Å². The van der Waals surface area contributed by atoms with Crippen molar-refractivity contribution < 1.29 is 17.9 Å². The van der Waals surface area contributed by atoms with Gasteiger partial charge in [0, 0.05) is 34.0 Å². The van der Waals surface area contributed by atoms with Gasteiger partial charge in [-0.25, -0.2) is 0 Å². The van der Waals surface area contributed by atoms with E-state index >= 15 is 0 Å². The smallest absolute Gasteiger partial charge is 0.310 e. The van der Waals surface area contributed by atoms with Gasteiger partial charge >= 0.3 is 8.16 Å². The molecule has 0 spiro atoms. The molecule has 0 saturated heterocycles. The zero-order valence-corrected chi connectivity index (χ0v) is 29.0. The second-order valence-electron chi connectivity index (χ2n) is 12.9. The predicted molar refractivity (Wildman–Crippen MR) is 200 cm³/mol. The summed E-state index contributed by atoms with van der Waals surface area (Å²) in [5.74, 6) is 0. The van der Waals surface area contributed by atoms with E-state index in [9.17, 15) is 0 Å². The second-order valence-corrected chi connectivity index (χ2v) is 14.2. The Morgan fingerprint density at radius 2 is 0.917 bits per heavy atom. The van der Waals surface area contributed by atoms with Crippen LogP contribution in [0.2, 0.25) is 0 Å². The maximum Gasteiger partial charge on any atom is 0.310 e. The highest BCUT2D eigenvalue weighted by atomic mass is 31.1. The molecular formula is C42H42NO4P. The van der Waals surface area contributed by atoms with Crippen molar-refractivity contribution in [2.75, 3.05) is 4.67 Å². The maximum atomic E-state index is 7.19. The molecule has 0 aliphatic carbocycles. The Bertz CT molecular complexity index is 2060. The van der Waals surface area contributed by atoms with Gasteiger partial charge in [0.2, 0.25) is 0 Å². The Balaban J connectivity index is 1.52. The van der Waals surface area contributed by atoms with Crippen LogP contribution in [0.15, 0.2) is 130 Å². The molecular weight excluding hydrogens is 613 g/mol. The molecule has 0 bridgehead atoms. The molecule has 0 unspecified atom stereocenters. The number of rotatable bonds is 11. The summed E-state index contributed by atoms with van der Waals surface area (Å²) in [5.41, 5.74) is 5.93. The molecule has 48 heavy (non-hydrogen) atoms. The standard InChI is InChI=1S/C42H42NO4P/c1-29(2)43(30(3)4)48-46-41-35(27-44-25-31-15-7-5-8-16-31)23-33-19-11-13-21-37(33)39(41)40-38-22-14-12-20-34(38)24-36(42(40)47-48)28-45-26-32-17-9-6-10-18-32/h5-24,29-30H,25-28H2,1-4H3. The Morgan fingerprint density at radius 3 is 1.33 bits per heavy atom. The molecule has 244 valence electrons. The number of ether oxygens (including phenoxy) is 2. The third-order valence-corrected chi connectivity index (χ3v) is 10.7. The van der Waals surface area contributed by atoms with Crippen LogP contribution in [0, 0.1) is 0 Å². The van der Waals surface area contributed by atoms with Crippen molar-refractivity contribution >= 4 is 51.6 Å². The van der Waals surface area contributed by atoms with Crippen LogP contribution >= 0.6 is 8.16 Å². The molecule has 7 aromatic rings. The van der Waals surface area contributed by atoms with Crippen molar-refractivity contribution in [3.05, 3.63) is 144 Å². The highest BCUT2D eigenvalue weighted by Crippen LogP contribution is 2.45. The van der Waals surface area contributed by atoms with Crippen molar-refractivity contribution in [3.63, 3.8) is 0 Å². The van der Waals surface area contributed by atoms with Gasteiger partial charge in [0.25, 0.3) is 0 Å². The summed E-state index contributed by atoms with van der Waals surface area (Å²) in [6, 6.07) is 42.6. The lowest BCUT2D eigenvalue weighted by Gasteiger charge is -2.26. The Kier molecular flexibility index (Phi) is 9.65. The van der Waals surface area contributed by atoms with E-state index < -0.39 is 8.16 Å². The van der Waals surface area contributed by atoms with E-state index in [2.05, 4.69) is 117 Å². The molecule has 0 fully saturated rings. The summed E-state index contributed by atoms with van der Waals surface area (Å²) in [6.07, 6.45) is 0. The van der Waals surface area contributed by atoms with Crippen LogP contribution in [-0.4, -0.2) is 12.1 Å². The summed E-state index contributed by atoms with van der Waals surface area (Å²) >= 11 is 0. The predicted octanol–water partition coefficient (Wildman–Crippen LogP) is 11.8. The molecule has 0 radical (unpaired) electrons. The van der Waals surface area contributed by atoms with E-state index in [-0.39, 0.29) is 12.1 Å². The van der Waals surface area contributed by atoms with E-state index in [0.29, 0.717) is 26.4 Å². The lowest BCUT2D eigenvalue weighted by molar-refractivity contribution is 0.107. The first-order valence-corrected chi connectivity index (χ1v) is 17.9. The molecule has 5 nitrogen and oxygen atoms in total.